The molecule has 0 radical (unpaired) electrons. The average molecular weight is 277 g/mol. The fraction of sp³-hybridized carbons (Fsp3) is 1.00. The second-order valence-electron chi connectivity index (χ2n) is 6.06. The number of aliphatic hydroxyl groups excluding tert-OH is 1. The molecule has 0 aromatic heterocycles. The third kappa shape index (κ3) is 4.86. The van der Waals surface area contributed by atoms with Gasteiger partial charge in [0.15, 0.2) is 0 Å². The minimum atomic E-state index is -2.93. The molecule has 4 nitrogen and oxygen atoms in total. The van der Waals surface area contributed by atoms with Crippen molar-refractivity contribution in [2.45, 2.75) is 45.3 Å². The van der Waals surface area contributed by atoms with Crippen molar-refractivity contribution in [1.29, 1.82) is 0 Å². The lowest BCUT2D eigenvalue weighted by Crippen LogP contribution is -2.47. The van der Waals surface area contributed by atoms with Gasteiger partial charge < -0.3 is 5.11 Å². The number of hydrogen-bond donors (Lipinski definition) is 1. The van der Waals surface area contributed by atoms with Crippen LogP contribution in [0, 0.1) is 11.8 Å². The highest BCUT2D eigenvalue weighted by atomic mass is 32.2. The fourth-order valence-corrected chi connectivity index (χ4v) is 3.34. The van der Waals surface area contributed by atoms with Gasteiger partial charge in [-0.1, -0.05) is 13.8 Å². The van der Waals surface area contributed by atoms with E-state index in [0.29, 0.717) is 18.4 Å². The molecule has 1 aliphatic rings. The normalized spacial score (nSPS) is 30.1. The third-order valence-corrected chi connectivity index (χ3v) is 5.07. The highest BCUT2D eigenvalue weighted by molar-refractivity contribution is 7.90. The Morgan fingerprint density at radius 2 is 1.94 bits per heavy atom. The van der Waals surface area contributed by atoms with Gasteiger partial charge >= 0.3 is 0 Å². The molecular weight excluding hydrogens is 250 g/mol. The van der Waals surface area contributed by atoms with Crippen LogP contribution in [-0.2, 0) is 9.84 Å². The lowest BCUT2D eigenvalue weighted by Gasteiger charge is -2.40. The van der Waals surface area contributed by atoms with Gasteiger partial charge in [-0.2, -0.15) is 0 Å². The molecule has 0 bridgehead atoms. The van der Waals surface area contributed by atoms with Crippen molar-refractivity contribution in [3.8, 4) is 0 Å². The molecule has 3 unspecified atom stereocenters. The fourth-order valence-electron chi connectivity index (χ4n) is 2.72. The second-order valence-corrected chi connectivity index (χ2v) is 8.32. The molecule has 0 aliphatic heterocycles. The van der Waals surface area contributed by atoms with Gasteiger partial charge in [-0.3, -0.25) is 4.90 Å². The molecule has 0 heterocycles. The van der Waals surface area contributed by atoms with Crippen molar-refractivity contribution in [3.05, 3.63) is 0 Å². The summed E-state index contributed by atoms with van der Waals surface area (Å²) >= 11 is 0. The zero-order chi connectivity index (χ0) is 13.9. The van der Waals surface area contributed by atoms with E-state index in [9.17, 15) is 13.5 Å². The maximum absolute atomic E-state index is 11.2. The van der Waals surface area contributed by atoms with E-state index in [2.05, 4.69) is 13.8 Å². The zero-order valence-electron chi connectivity index (χ0n) is 12.0. The molecule has 0 saturated heterocycles. The predicted octanol–water partition coefficient (Wildman–Crippen LogP) is 1.15. The second kappa shape index (κ2) is 6.35. The van der Waals surface area contributed by atoms with Gasteiger partial charge in [-0.25, -0.2) is 8.42 Å². The Morgan fingerprint density at radius 1 is 1.33 bits per heavy atom. The number of sulfone groups is 1. The van der Waals surface area contributed by atoms with E-state index in [4.69, 9.17) is 0 Å². The Bertz CT molecular complexity index is 353. The van der Waals surface area contributed by atoms with E-state index in [1.165, 1.54) is 6.26 Å². The summed E-state index contributed by atoms with van der Waals surface area (Å²) in [6, 6.07) is 0.105. The van der Waals surface area contributed by atoms with Crippen molar-refractivity contribution < 1.29 is 13.5 Å². The Labute approximate surface area is 111 Å². The van der Waals surface area contributed by atoms with Crippen molar-refractivity contribution in [3.63, 3.8) is 0 Å². The summed E-state index contributed by atoms with van der Waals surface area (Å²) in [4.78, 5) is 2.01. The van der Waals surface area contributed by atoms with E-state index in [1.54, 1.807) is 0 Å². The highest BCUT2D eigenvalue weighted by Crippen LogP contribution is 2.32. The molecule has 18 heavy (non-hydrogen) atoms. The van der Waals surface area contributed by atoms with Gasteiger partial charge in [0, 0.05) is 18.8 Å². The van der Waals surface area contributed by atoms with Crippen molar-refractivity contribution in [2.24, 2.45) is 11.8 Å². The zero-order valence-corrected chi connectivity index (χ0v) is 12.8. The summed E-state index contributed by atoms with van der Waals surface area (Å²) in [5.41, 5.74) is 0. The lowest BCUT2D eigenvalue weighted by atomic mass is 9.77. The molecule has 1 N–H and O–H groups in total. The van der Waals surface area contributed by atoms with E-state index < -0.39 is 9.84 Å². The van der Waals surface area contributed by atoms with E-state index in [1.807, 2.05) is 11.9 Å². The highest BCUT2D eigenvalue weighted by Gasteiger charge is 2.33. The van der Waals surface area contributed by atoms with Gasteiger partial charge in [-0.05, 0) is 38.1 Å². The van der Waals surface area contributed by atoms with Crippen LogP contribution in [0.25, 0.3) is 0 Å². The molecular formula is C13H27NO3S. The molecule has 3 atom stereocenters. The molecule has 108 valence electrons. The molecule has 0 aromatic carbocycles. The molecule has 1 fully saturated rings. The summed E-state index contributed by atoms with van der Waals surface area (Å²) in [5.74, 6) is 1.43. The largest absolute Gasteiger partial charge is 0.391 e. The first kappa shape index (κ1) is 15.9. The van der Waals surface area contributed by atoms with Crippen LogP contribution >= 0.6 is 0 Å². The molecule has 1 rings (SSSR count). The Hall–Kier alpha value is -0.130. The first-order chi connectivity index (χ1) is 8.20. The number of rotatable bonds is 5. The van der Waals surface area contributed by atoms with E-state index in [0.717, 1.165) is 19.3 Å². The third-order valence-electron chi connectivity index (χ3n) is 4.15. The monoisotopic (exact) mass is 277 g/mol. The van der Waals surface area contributed by atoms with Gasteiger partial charge in [0.1, 0.15) is 9.84 Å². The first-order valence-electron chi connectivity index (χ1n) is 6.76. The summed E-state index contributed by atoms with van der Waals surface area (Å²) in [5, 5.41) is 10.1. The minimum Gasteiger partial charge on any atom is -0.391 e. The number of nitrogens with zero attached hydrogens (tertiary/aromatic N) is 1. The minimum absolute atomic E-state index is 0.105. The van der Waals surface area contributed by atoms with Gasteiger partial charge in [0.2, 0.25) is 0 Å². The van der Waals surface area contributed by atoms with Gasteiger partial charge in [0.05, 0.1) is 11.9 Å². The lowest BCUT2D eigenvalue weighted by molar-refractivity contribution is 0.00845. The summed E-state index contributed by atoms with van der Waals surface area (Å²) < 4.78 is 22.4. The van der Waals surface area contributed by atoms with Crippen molar-refractivity contribution in [1.82, 2.24) is 4.90 Å². The Morgan fingerprint density at radius 3 is 2.44 bits per heavy atom. The standard InChI is InChI=1S/C13H27NO3S/c1-10(2)11-5-6-13(15)12(9-11)14(3)7-8-18(4,16)17/h10-13,15H,5-9H2,1-4H3. The Balaban J connectivity index is 2.56. The molecule has 0 spiro atoms. The van der Waals surface area contributed by atoms with Gasteiger partial charge in [-0.15, -0.1) is 0 Å². The summed E-state index contributed by atoms with van der Waals surface area (Å²) in [6.07, 6.45) is 3.82. The van der Waals surface area contributed by atoms with Crippen LogP contribution in [0.2, 0.25) is 0 Å². The van der Waals surface area contributed by atoms with Crippen LogP contribution in [0.15, 0.2) is 0 Å². The number of hydrogen-bond acceptors (Lipinski definition) is 4. The maximum Gasteiger partial charge on any atom is 0.148 e. The van der Waals surface area contributed by atoms with Gasteiger partial charge in [0.25, 0.3) is 0 Å². The summed E-state index contributed by atoms with van der Waals surface area (Å²) in [7, 11) is -1.01. The topological polar surface area (TPSA) is 57.6 Å². The molecule has 1 aliphatic carbocycles. The first-order valence-corrected chi connectivity index (χ1v) is 8.82. The predicted molar refractivity (Wildman–Crippen MR) is 74.3 cm³/mol. The number of aliphatic hydroxyl groups is 1. The van der Waals surface area contributed by atoms with Crippen LogP contribution < -0.4 is 0 Å². The van der Waals surface area contributed by atoms with E-state index in [-0.39, 0.29) is 17.9 Å². The van der Waals surface area contributed by atoms with Crippen molar-refractivity contribution >= 4 is 9.84 Å². The Kier molecular flexibility index (Phi) is 5.62. The average Bonchev–Trinajstić information content (AvgIpc) is 2.25. The number of likely N-dealkylation sites (N-methyl/N-ethyl adjacent to an activating group) is 1. The van der Waals surface area contributed by atoms with Crippen LogP contribution in [-0.4, -0.2) is 56.2 Å². The van der Waals surface area contributed by atoms with Crippen LogP contribution in [0.4, 0.5) is 0 Å². The molecule has 5 heteroatoms. The summed E-state index contributed by atoms with van der Waals surface area (Å²) in [6.45, 7) is 4.94. The van der Waals surface area contributed by atoms with Crippen LogP contribution in [0.1, 0.15) is 33.1 Å². The smallest absolute Gasteiger partial charge is 0.148 e. The van der Waals surface area contributed by atoms with Crippen molar-refractivity contribution in [2.75, 3.05) is 25.6 Å². The molecule has 0 amide bonds. The molecule has 0 aromatic rings. The van der Waals surface area contributed by atoms with Crippen LogP contribution in [0.3, 0.4) is 0 Å². The SMILES string of the molecule is CC(C)C1CCC(O)C(N(C)CCS(C)(=O)=O)C1. The maximum atomic E-state index is 11.2. The molecule has 1 saturated carbocycles. The van der Waals surface area contributed by atoms with Crippen LogP contribution in [0.5, 0.6) is 0 Å². The quantitative estimate of drug-likeness (QED) is 0.819. The van der Waals surface area contributed by atoms with E-state index >= 15 is 0 Å².